The summed E-state index contributed by atoms with van der Waals surface area (Å²) in [6.45, 7) is 1.87. The molecule has 2 rings (SSSR count). The van der Waals surface area contributed by atoms with Gasteiger partial charge in [0.1, 0.15) is 5.82 Å². The summed E-state index contributed by atoms with van der Waals surface area (Å²) in [5, 5.41) is 0. The smallest absolute Gasteiger partial charge is 0.267 e. The van der Waals surface area contributed by atoms with Crippen LogP contribution in [0.1, 0.15) is 24.9 Å². The SMILES string of the molecule is Cc1ccc(C(=O)NNC(=O)c2ccccc2F)s1. The topological polar surface area (TPSA) is 58.2 Å². The lowest BCUT2D eigenvalue weighted by Crippen LogP contribution is -2.41. The highest BCUT2D eigenvalue weighted by molar-refractivity contribution is 7.13. The number of hydrogen-bond donors (Lipinski definition) is 2. The maximum Gasteiger partial charge on any atom is 0.279 e. The van der Waals surface area contributed by atoms with Gasteiger partial charge in [-0.2, -0.15) is 0 Å². The Labute approximate surface area is 113 Å². The van der Waals surface area contributed by atoms with Gasteiger partial charge in [0.25, 0.3) is 11.8 Å². The quantitative estimate of drug-likeness (QED) is 0.828. The van der Waals surface area contributed by atoms with E-state index >= 15 is 0 Å². The fourth-order valence-corrected chi connectivity index (χ4v) is 2.21. The number of amides is 2. The van der Waals surface area contributed by atoms with E-state index in [2.05, 4.69) is 10.9 Å². The van der Waals surface area contributed by atoms with Crippen LogP contribution >= 0.6 is 11.3 Å². The van der Waals surface area contributed by atoms with Gasteiger partial charge >= 0.3 is 0 Å². The van der Waals surface area contributed by atoms with E-state index in [1.165, 1.54) is 29.5 Å². The molecule has 19 heavy (non-hydrogen) atoms. The van der Waals surface area contributed by atoms with Gasteiger partial charge in [0.05, 0.1) is 10.4 Å². The second-order valence-electron chi connectivity index (χ2n) is 3.80. The molecule has 0 unspecified atom stereocenters. The number of nitrogens with one attached hydrogen (secondary N) is 2. The van der Waals surface area contributed by atoms with Crippen molar-refractivity contribution in [1.82, 2.24) is 10.9 Å². The monoisotopic (exact) mass is 278 g/mol. The predicted molar refractivity (Wildman–Crippen MR) is 70.4 cm³/mol. The number of rotatable bonds is 2. The summed E-state index contributed by atoms with van der Waals surface area (Å²) >= 11 is 1.31. The summed E-state index contributed by atoms with van der Waals surface area (Å²) in [5.74, 6) is -1.76. The molecule has 0 radical (unpaired) electrons. The van der Waals surface area contributed by atoms with Crippen molar-refractivity contribution in [2.75, 3.05) is 0 Å². The van der Waals surface area contributed by atoms with Crippen LogP contribution in [0.4, 0.5) is 4.39 Å². The molecule has 1 aromatic carbocycles. The van der Waals surface area contributed by atoms with Gasteiger partial charge in [-0.3, -0.25) is 20.4 Å². The molecule has 6 heteroatoms. The van der Waals surface area contributed by atoms with E-state index in [1.54, 1.807) is 18.2 Å². The van der Waals surface area contributed by atoms with Crippen LogP contribution in [0.3, 0.4) is 0 Å². The Morgan fingerprint density at radius 3 is 2.37 bits per heavy atom. The van der Waals surface area contributed by atoms with Gasteiger partial charge in [0.15, 0.2) is 0 Å². The highest BCUT2D eigenvalue weighted by atomic mass is 32.1. The maximum absolute atomic E-state index is 13.3. The molecule has 0 saturated heterocycles. The number of hydrazine groups is 1. The average molecular weight is 278 g/mol. The van der Waals surface area contributed by atoms with Crippen molar-refractivity contribution in [2.24, 2.45) is 0 Å². The predicted octanol–water partition coefficient (Wildman–Crippen LogP) is 2.27. The van der Waals surface area contributed by atoms with E-state index < -0.39 is 17.6 Å². The first-order valence-corrected chi connectivity index (χ1v) is 6.31. The molecule has 1 aromatic heterocycles. The molecule has 2 N–H and O–H groups in total. The standard InChI is InChI=1S/C13H11FN2O2S/c1-8-6-7-11(19-8)13(18)16-15-12(17)9-4-2-3-5-10(9)14/h2-7H,1H3,(H,15,17)(H,16,18). The Bertz CT molecular complexity index is 625. The number of carbonyl (C=O) groups excluding carboxylic acids is 2. The molecule has 0 fully saturated rings. The molecule has 98 valence electrons. The fourth-order valence-electron chi connectivity index (χ4n) is 1.44. The molecule has 0 aliphatic heterocycles. The molecule has 0 saturated carbocycles. The van der Waals surface area contributed by atoms with E-state index in [1.807, 2.05) is 6.92 Å². The number of benzene rings is 1. The number of halogens is 1. The number of aryl methyl sites for hydroxylation is 1. The minimum atomic E-state index is -0.695. The van der Waals surface area contributed by atoms with Crippen LogP contribution in [-0.4, -0.2) is 11.8 Å². The van der Waals surface area contributed by atoms with E-state index in [0.29, 0.717) is 4.88 Å². The van der Waals surface area contributed by atoms with Crippen molar-refractivity contribution in [3.63, 3.8) is 0 Å². The second kappa shape index (κ2) is 5.62. The van der Waals surface area contributed by atoms with Gasteiger partial charge < -0.3 is 0 Å². The third kappa shape index (κ3) is 3.17. The average Bonchev–Trinajstić information content (AvgIpc) is 2.83. The Hall–Kier alpha value is -2.21. The van der Waals surface area contributed by atoms with Crippen LogP contribution < -0.4 is 10.9 Å². The first kappa shape index (κ1) is 13.2. The number of carbonyl (C=O) groups is 2. The summed E-state index contributed by atoms with van der Waals surface area (Å²) in [7, 11) is 0. The van der Waals surface area contributed by atoms with E-state index in [9.17, 15) is 14.0 Å². The molecule has 2 amide bonds. The lowest BCUT2D eigenvalue weighted by molar-refractivity contribution is 0.0846. The number of hydrogen-bond acceptors (Lipinski definition) is 3. The van der Waals surface area contributed by atoms with Gasteiger partial charge in [-0.1, -0.05) is 12.1 Å². The Kier molecular flexibility index (Phi) is 3.91. The molecule has 0 bridgehead atoms. The van der Waals surface area contributed by atoms with Crippen LogP contribution in [0.5, 0.6) is 0 Å². The highest BCUT2D eigenvalue weighted by Crippen LogP contribution is 2.14. The van der Waals surface area contributed by atoms with Crippen LogP contribution in [-0.2, 0) is 0 Å². The third-order valence-corrected chi connectivity index (χ3v) is 3.37. The van der Waals surface area contributed by atoms with Crippen LogP contribution in [0.25, 0.3) is 0 Å². The Morgan fingerprint density at radius 2 is 1.74 bits per heavy atom. The summed E-state index contributed by atoms with van der Waals surface area (Å²) in [6, 6.07) is 9.01. The van der Waals surface area contributed by atoms with Crippen LogP contribution in [0, 0.1) is 12.7 Å². The zero-order valence-corrected chi connectivity index (χ0v) is 10.9. The lowest BCUT2D eigenvalue weighted by atomic mass is 10.2. The van der Waals surface area contributed by atoms with Gasteiger partial charge in [-0.15, -0.1) is 11.3 Å². The van der Waals surface area contributed by atoms with Crippen LogP contribution in [0.15, 0.2) is 36.4 Å². The van der Waals surface area contributed by atoms with Gasteiger partial charge in [-0.05, 0) is 31.2 Å². The molecule has 4 nitrogen and oxygen atoms in total. The Morgan fingerprint density at radius 1 is 1.05 bits per heavy atom. The zero-order chi connectivity index (χ0) is 13.8. The van der Waals surface area contributed by atoms with Crippen molar-refractivity contribution < 1.29 is 14.0 Å². The van der Waals surface area contributed by atoms with E-state index in [0.717, 1.165) is 4.88 Å². The Balaban J connectivity index is 1.98. The summed E-state index contributed by atoms with van der Waals surface area (Å²) in [4.78, 5) is 24.8. The van der Waals surface area contributed by atoms with Gasteiger partial charge in [0.2, 0.25) is 0 Å². The minimum Gasteiger partial charge on any atom is -0.267 e. The number of thiophene rings is 1. The second-order valence-corrected chi connectivity index (χ2v) is 5.09. The molecule has 0 atom stereocenters. The summed E-state index contributed by atoms with van der Waals surface area (Å²) in [6.07, 6.45) is 0. The van der Waals surface area contributed by atoms with Crippen molar-refractivity contribution in [3.05, 3.63) is 57.5 Å². The molecule has 2 aromatic rings. The molecule has 0 aliphatic carbocycles. The largest absolute Gasteiger partial charge is 0.279 e. The van der Waals surface area contributed by atoms with Gasteiger partial charge in [0, 0.05) is 4.88 Å². The van der Waals surface area contributed by atoms with E-state index in [4.69, 9.17) is 0 Å². The van der Waals surface area contributed by atoms with E-state index in [-0.39, 0.29) is 5.56 Å². The molecular weight excluding hydrogens is 267 g/mol. The lowest BCUT2D eigenvalue weighted by Gasteiger charge is -2.06. The first-order valence-electron chi connectivity index (χ1n) is 5.49. The normalized spacial score (nSPS) is 10.0. The molecule has 0 spiro atoms. The highest BCUT2D eigenvalue weighted by Gasteiger charge is 2.13. The minimum absolute atomic E-state index is 0.120. The maximum atomic E-state index is 13.3. The third-order valence-electron chi connectivity index (χ3n) is 2.37. The molecular formula is C13H11FN2O2S. The van der Waals surface area contributed by atoms with Crippen LogP contribution in [0.2, 0.25) is 0 Å². The van der Waals surface area contributed by atoms with Crippen molar-refractivity contribution in [3.8, 4) is 0 Å². The zero-order valence-electron chi connectivity index (χ0n) is 10.1. The first-order chi connectivity index (χ1) is 9.08. The van der Waals surface area contributed by atoms with Gasteiger partial charge in [-0.25, -0.2) is 4.39 Å². The van der Waals surface area contributed by atoms with Crippen molar-refractivity contribution in [2.45, 2.75) is 6.92 Å². The fraction of sp³-hybridized carbons (Fsp3) is 0.0769. The molecule has 1 heterocycles. The summed E-state index contributed by atoms with van der Waals surface area (Å²) < 4.78 is 13.3. The summed E-state index contributed by atoms with van der Waals surface area (Å²) in [5.41, 5.74) is 4.30. The van der Waals surface area contributed by atoms with Crippen molar-refractivity contribution >= 4 is 23.2 Å². The van der Waals surface area contributed by atoms with Crippen molar-refractivity contribution in [1.29, 1.82) is 0 Å². The molecule has 0 aliphatic rings.